The molecule has 1 aromatic carbocycles. The molecule has 0 radical (unpaired) electrons. The second kappa shape index (κ2) is 6.34. The van der Waals surface area contributed by atoms with Crippen molar-refractivity contribution < 1.29 is 4.79 Å². The molecule has 0 aliphatic rings. The summed E-state index contributed by atoms with van der Waals surface area (Å²) in [6.45, 7) is 0. The molecule has 0 atom stereocenters. The van der Waals surface area contributed by atoms with Crippen molar-refractivity contribution in [3.05, 3.63) is 71.1 Å². The van der Waals surface area contributed by atoms with E-state index in [4.69, 9.17) is 16.9 Å². The van der Waals surface area contributed by atoms with E-state index < -0.39 is 0 Å². The SMILES string of the molecule is N#Cc1cccc(NC(=O)/C=C/c2c(Cl)nc3ccccn23)c1. The number of halogens is 1. The summed E-state index contributed by atoms with van der Waals surface area (Å²) in [4.78, 5) is 16.2. The van der Waals surface area contributed by atoms with E-state index in [0.29, 0.717) is 27.7 Å². The molecule has 3 rings (SSSR count). The lowest BCUT2D eigenvalue weighted by molar-refractivity contribution is -0.111. The van der Waals surface area contributed by atoms with Gasteiger partial charge in [-0.1, -0.05) is 23.7 Å². The maximum Gasteiger partial charge on any atom is 0.248 e. The number of hydrogen-bond donors (Lipinski definition) is 1. The summed E-state index contributed by atoms with van der Waals surface area (Å²) >= 11 is 6.10. The predicted octanol–water partition coefficient (Wildman–Crippen LogP) is 3.51. The zero-order valence-corrected chi connectivity index (χ0v) is 12.7. The van der Waals surface area contributed by atoms with Gasteiger partial charge in [0, 0.05) is 18.0 Å². The number of anilines is 1. The van der Waals surface area contributed by atoms with Crippen LogP contribution in [0.1, 0.15) is 11.3 Å². The van der Waals surface area contributed by atoms with Gasteiger partial charge in [-0.3, -0.25) is 9.20 Å². The number of hydrogen-bond acceptors (Lipinski definition) is 3. The van der Waals surface area contributed by atoms with Crippen molar-refractivity contribution >= 4 is 34.9 Å². The molecule has 0 unspecified atom stereocenters. The highest BCUT2D eigenvalue weighted by Gasteiger charge is 2.07. The van der Waals surface area contributed by atoms with Crippen molar-refractivity contribution in [3.63, 3.8) is 0 Å². The fourth-order valence-electron chi connectivity index (χ4n) is 2.14. The standard InChI is InChI=1S/C17H11ClN4O/c18-17-14(22-9-2-1-6-15(22)21-17)7-8-16(23)20-13-5-3-4-12(10-13)11-19/h1-10H,(H,20,23)/b8-7+. The summed E-state index contributed by atoms with van der Waals surface area (Å²) in [5.41, 5.74) is 2.38. The molecule has 23 heavy (non-hydrogen) atoms. The van der Waals surface area contributed by atoms with Gasteiger partial charge in [0.1, 0.15) is 5.65 Å². The first kappa shape index (κ1) is 14.8. The van der Waals surface area contributed by atoms with Crippen LogP contribution in [0.3, 0.4) is 0 Å². The van der Waals surface area contributed by atoms with E-state index in [2.05, 4.69) is 10.3 Å². The first-order valence-electron chi connectivity index (χ1n) is 6.79. The molecule has 0 fully saturated rings. The molecule has 2 aromatic heterocycles. The van der Waals surface area contributed by atoms with Gasteiger partial charge >= 0.3 is 0 Å². The number of imidazole rings is 1. The van der Waals surface area contributed by atoms with Crippen molar-refractivity contribution in [2.75, 3.05) is 5.32 Å². The number of fused-ring (bicyclic) bond motifs is 1. The van der Waals surface area contributed by atoms with Crippen LogP contribution in [0.15, 0.2) is 54.7 Å². The third kappa shape index (κ3) is 3.23. The molecule has 5 nitrogen and oxygen atoms in total. The summed E-state index contributed by atoms with van der Waals surface area (Å²) in [6.07, 6.45) is 4.80. The smallest absolute Gasteiger partial charge is 0.248 e. The lowest BCUT2D eigenvalue weighted by Crippen LogP contribution is -2.07. The largest absolute Gasteiger partial charge is 0.322 e. The van der Waals surface area contributed by atoms with Crippen LogP contribution in [0.25, 0.3) is 11.7 Å². The highest BCUT2D eigenvalue weighted by atomic mass is 35.5. The average Bonchev–Trinajstić information content (AvgIpc) is 2.88. The molecule has 1 amide bonds. The Bertz CT molecular complexity index is 953. The van der Waals surface area contributed by atoms with Gasteiger partial charge in [-0.25, -0.2) is 4.98 Å². The summed E-state index contributed by atoms with van der Waals surface area (Å²) in [5.74, 6) is -0.318. The Kier molecular flexibility index (Phi) is 4.09. The molecule has 3 aromatic rings. The molecular formula is C17H11ClN4O. The number of amides is 1. The van der Waals surface area contributed by atoms with Crippen LogP contribution in [0.5, 0.6) is 0 Å². The van der Waals surface area contributed by atoms with Gasteiger partial charge in [0.15, 0.2) is 5.15 Å². The maximum atomic E-state index is 12.0. The normalized spacial score (nSPS) is 10.8. The molecule has 0 bridgehead atoms. The quantitative estimate of drug-likeness (QED) is 0.750. The van der Waals surface area contributed by atoms with Crippen molar-refractivity contribution in [1.82, 2.24) is 9.38 Å². The Balaban J connectivity index is 1.80. The van der Waals surface area contributed by atoms with Crippen molar-refractivity contribution in [1.29, 1.82) is 5.26 Å². The van der Waals surface area contributed by atoms with Crippen LogP contribution in [-0.2, 0) is 4.79 Å². The molecule has 2 heterocycles. The summed E-state index contributed by atoms with van der Waals surface area (Å²) in [6, 6.07) is 14.3. The Morgan fingerprint density at radius 1 is 1.30 bits per heavy atom. The number of carbonyl (C=O) groups is 1. The van der Waals surface area contributed by atoms with Gasteiger partial charge in [-0.2, -0.15) is 5.26 Å². The van der Waals surface area contributed by atoms with E-state index in [1.165, 1.54) is 6.08 Å². The van der Waals surface area contributed by atoms with E-state index >= 15 is 0 Å². The molecular weight excluding hydrogens is 312 g/mol. The number of pyridine rings is 1. The van der Waals surface area contributed by atoms with E-state index in [1.54, 1.807) is 34.7 Å². The van der Waals surface area contributed by atoms with Crippen LogP contribution < -0.4 is 5.32 Å². The number of nitrogens with zero attached hydrogens (tertiary/aromatic N) is 3. The van der Waals surface area contributed by atoms with Crippen LogP contribution in [-0.4, -0.2) is 15.3 Å². The summed E-state index contributed by atoms with van der Waals surface area (Å²) < 4.78 is 1.79. The highest BCUT2D eigenvalue weighted by Crippen LogP contribution is 2.19. The molecule has 0 saturated heterocycles. The van der Waals surface area contributed by atoms with Gasteiger partial charge in [-0.05, 0) is 36.4 Å². The van der Waals surface area contributed by atoms with E-state index in [9.17, 15) is 4.79 Å². The number of nitrogens with one attached hydrogen (secondary N) is 1. The lowest BCUT2D eigenvalue weighted by atomic mass is 10.2. The molecule has 0 aliphatic heterocycles. The molecule has 112 valence electrons. The van der Waals surface area contributed by atoms with Crippen LogP contribution >= 0.6 is 11.6 Å². The second-order valence-corrected chi connectivity index (χ2v) is 5.09. The van der Waals surface area contributed by atoms with E-state index in [-0.39, 0.29) is 5.91 Å². The van der Waals surface area contributed by atoms with Gasteiger partial charge < -0.3 is 5.32 Å². The summed E-state index contributed by atoms with van der Waals surface area (Å²) in [5, 5.41) is 11.9. The molecule has 0 saturated carbocycles. The van der Waals surface area contributed by atoms with Gasteiger partial charge in [0.25, 0.3) is 0 Å². The monoisotopic (exact) mass is 322 g/mol. The Hall–Kier alpha value is -3.10. The average molecular weight is 323 g/mol. The number of aromatic nitrogens is 2. The van der Waals surface area contributed by atoms with Gasteiger partial charge in [0.05, 0.1) is 17.3 Å². The summed E-state index contributed by atoms with van der Waals surface area (Å²) in [7, 11) is 0. The number of benzene rings is 1. The minimum atomic E-state index is -0.318. The van der Waals surface area contributed by atoms with E-state index in [0.717, 1.165) is 0 Å². The number of nitriles is 1. The topological polar surface area (TPSA) is 70.2 Å². The van der Waals surface area contributed by atoms with Gasteiger partial charge in [-0.15, -0.1) is 0 Å². The Morgan fingerprint density at radius 3 is 3.00 bits per heavy atom. The fraction of sp³-hybridized carbons (Fsp3) is 0. The van der Waals surface area contributed by atoms with Crippen LogP contribution in [0, 0.1) is 11.3 Å². The Labute approximate surface area is 137 Å². The molecule has 0 spiro atoms. The first-order chi connectivity index (χ1) is 11.2. The van der Waals surface area contributed by atoms with Gasteiger partial charge in [0.2, 0.25) is 5.91 Å². The minimum absolute atomic E-state index is 0.318. The second-order valence-electron chi connectivity index (χ2n) is 4.73. The van der Waals surface area contributed by atoms with E-state index in [1.807, 2.05) is 30.5 Å². The van der Waals surface area contributed by atoms with Crippen molar-refractivity contribution in [2.24, 2.45) is 0 Å². The maximum absolute atomic E-state index is 12.0. The minimum Gasteiger partial charge on any atom is -0.322 e. The molecule has 6 heteroatoms. The zero-order valence-electron chi connectivity index (χ0n) is 11.9. The van der Waals surface area contributed by atoms with Crippen LogP contribution in [0.2, 0.25) is 5.15 Å². The number of carbonyl (C=O) groups excluding carboxylic acids is 1. The first-order valence-corrected chi connectivity index (χ1v) is 7.17. The Morgan fingerprint density at radius 2 is 2.17 bits per heavy atom. The van der Waals surface area contributed by atoms with Crippen molar-refractivity contribution in [3.8, 4) is 6.07 Å². The number of rotatable bonds is 3. The van der Waals surface area contributed by atoms with Crippen molar-refractivity contribution in [2.45, 2.75) is 0 Å². The van der Waals surface area contributed by atoms with Crippen LogP contribution in [0.4, 0.5) is 5.69 Å². The lowest BCUT2D eigenvalue weighted by Gasteiger charge is -2.02. The third-order valence-corrected chi connectivity index (χ3v) is 3.45. The highest BCUT2D eigenvalue weighted by molar-refractivity contribution is 6.31. The third-order valence-electron chi connectivity index (χ3n) is 3.17. The zero-order chi connectivity index (χ0) is 16.2. The molecule has 1 N–H and O–H groups in total. The molecule has 0 aliphatic carbocycles. The fourth-order valence-corrected chi connectivity index (χ4v) is 2.38. The predicted molar refractivity (Wildman–Crippen MR) is 89.0 cm³/mol.